The molecule has 2 aromatic rings. The highest BCUT2D eigenvalue weighted by Gasteiger charge is 2.54. The van der Waals surface area contributed by atoms with E-state index >= 15 is 0 Å². The van der Waals surface area contributed by atoms with Crippen molar-refractivity contribution < 1.29 is 18.3 Å². The Kier molecular flexibility index (Phi) is 4.06. The second-order valence-electron chi connectivity index (χ2n) is 6.25. The Bertz CT molecular complexity index is 707. The smallest absolute Gasteiger partial charge is 0.380 e. The third kappa shape index (κ3) is 3.19. The summed E-state index contributed by atoms with van der Waals surface area (Å²) >= 11 is 0. The van der Waals surface area contributed by atoms with Gasteiger partial charge in [0.1, 0.15) is 0 Å². The average Bonchev–Trinajstić information content (AvgIpc) is 2.48. The van der Waals surface area contributed by atoms with E-state index in [9.17, 15) is 18.3 Å². The molecule has 0 radical (unpaired) electrons. The lowest BCUT2D eigenvalue weighted by Crippen LogP contribution is -2.53. The topological polar surface area (TPSA) is 36.4 Å². The van der Waals surface area contributed by atoms with Crippen molar-refractivity contribution >= 4 is 10.9 Å². The van der Waals surface area contributed by atoms with Crippen LogP contribution in [0.4, 0.5) is 13.2 Å². The highest BCUT2D eigenvalue weighted by molar-refractivity contribution is 5.82. The summed E-state index contributed by atoms with van der Waals surface area (Å²) in [7, 11) is 0. The normalized spacial score (nSPS) is 19.2. The summed E-state index contributed by atoms with van der Waals surface area (Å²) in [6.07, 6.45) is -5.12. The van der Waals surface area contributed by atoms with E-state index in [0.717, 1.165) is 22.2 Å². The van der Waals surface area contributed by atoms with E-state index in [1.165, 1.54) is 0 Å². The molecule has 1 fully saturated rings. The zero-order chi connectivity index (χ0) is 16.7. The Balaban J connectivity index is 1.77. The number of benzene rings is 1. The molecule has 0 amide bonds. The van der Waals surface area contributed by atoms with Crippen LogP contribution in [0, 0.1) is 6.92 Å². The van der Waals surface area contributed by atoms with Gasteiger partial charge in [-0.25, -0.2) is 0 Å². The summed E-state index contributed by atoms with van der Waals surface area (Å²) in [4.78, 5) is 6.44. The molecule has 0 saturated carbocycles. The fraction of sp³-hybridized carbons (Fsp3) is 0.471. The van der Waals surface area contributed by atoms with Crippen molar-refractivity contribution in [1.82, 2.24) is 9.88 Å². The first-order valence-electron chi connectivity index (χ1n) is 7.65. The van der Waals surface area contributed by atoms with Crippen LogP contribution in [0.5, 0.6) is 0 Å². The van der Waals surface area contributed by atoms with Crippen molar-refractivity contribution in [3.63, 3.8) is 0 Å². The van der Waals surface area contributed by atoms with Gasteiger partial charge in [0.2, 0.25) is 0 Å². The third-order valence-corrected chi connectivity index (χ3v) is 4.53. The molecule has 3 rings (SSSR count). The monoisotopic (exact) mass is 324 g/mol. The molecule has 23 heavy (non-hydrogen) atoms. The van der Waals surface area contributed by atoms with Gasteiger partial charge < -0.3 is 5.11 Å². The fourth-order valence-electron chi connectivity index (χ4n) is 3.13. The van der Waals surface area contributed by atoms with Crippen LogP contribution in [0.2, 0.25) is 0 Å². The van der Waals surface area contributed by atoms with E-state index in [4.69, 9.17) is 0 Å². The van der Waals surface area contributed by atoms with E-state index < -0.39 is 11.8 Å². The Morgan fingerprint density at radius 3 is 2.52 bits per heavy atom. The minimum Gasteiger partial charge on any atom is -0.380 e. The number of pyridine rings is 1. The number of alkyl halides is 3. The maximum absolute atomic E-state index is 12.9. The third-order valence-electron chi connectivity index (χ3n) is 4.53. The van der Waals surface area contributed by atoms with Gasteiger partial charge in [-0.1, -0.05) is 18.2 Å². The molecule has 0 aliphatic carbocycles. The molecule has 124 valence electrons. The van der Waals surface area contributed by atoms with Gasteiger partial charge in [0.15, 0.2) is 5.60 Å². The van der Waals surface area contributed by atoms with Gasteiger partial charge >= 0.3 is 6.18 Å². The van der Waals surface area contributed by atoms with Gasteiger partial charge in [0.05, 0.1) is 5.52 Å². The predicted molar refractivity (Wildman–Crippen MR) is 82.0 cm³/mol. The largest absolute Gasteiger partial charge is 0.417 e. The molecule has 0 bridgehead atoms. The maximum atomic E-state index is 12.9. The summed E-state index contributed by atoms with van der Waals surface area (Å²) in [5, 5.41) is 10.8. The standard InChI is InChI=1S/C17H19F3N2O/c1-12-10-13(14-4-2-3-5-15(14)21-12)11-22-8-6-16(23,7-9-22)17(18,19)20/h2-5,10,23H,6-9,11H2,1H3. The minimum absolute atomic E-state index is 0.228. The van der Waals surface area contributed by atoms with E-state index in [-0.39, 0.29) is 25.9 Å². The van der Waals surface area contributed by atoms with Crippen LogP contribution in [0.15, 0.2) is 30.3 Å². The summed E-state index contributed by atoms with van der Waals surface area (Å²) in [6.45, 7) is 2.93. The van der Waals surface area contributed by atoms with Crippen LogP contribution in [0.25, 0.3) is 10.9 Å². The molecule has 1 aromatic heterocycles. The van der Waals surface area contributed by atoms with E-state index in [1.807, 2.05) is 42.2 Å². The molecule has 1 aromatic carbocycles. The van der Waals surface area contributed by atoms with E-state index in [0.29, 0.717) is 6.54 Å². The number of piperidine rings is 1. The molecule has 1 saturated heterocycles. The summed E-state index contributed by atoms with van der Waals surface area (Å²) in [5.74, 6) is 0. The molecule has 1 aliphatic heterocycles. The van der Waals surface area contributed by atoms with Crippen LogP contribution in [-0.2, 0) is 6.54 Å². The summed E-state index contributed by atoms with van der Waals surface area (Å²) in [5.41, 5.74) is 0.305. The molecule has 6 heteroatoms. The zero-order valence-corrected chi connectivity index (χ0v) is 12.9. The molecule has 2 heterocycles. The first kappa shape index (κ1) is 16.2. The van der Waals surface area contributed by atoms with Crippen LogP contribution in [0.3, 0.4) is 0 Å². The number of fused-ring (bicyclic) bond motifs is 1. The van der Waals surface area contributed by atoms with Crippen molar-refractivity contribution in [2.24, 2.45) is 0 Å². The molecule has 1 N–H and O–H groups in total. The van der Waals surface area contributed by atoms with Crippen molar-refractivity contribution in [2.75, 3.05) is 13.1 Å². The fourth-order valence-corrected chi connectivity index (χ4v) is 3.13. The number of aliphatic hydroxyl groups is 1. The number of nitrogens with zero attached hydrogens (tertiary/aromatic N) is 2. The number of rotatable bonds is 2. The number of aryl methyl sites for hydroxylation is 1. The van der Waals surface area contributed by atoms with Crippen molar-refractivity contribution in [3.8, 4) is 0 Å². The highest BCUT2D eigenvalue weighted by atomic mass is 19.4. The molecule has 0 spiro atoms. The van der Waals surface area contributed by atoms with Gasteiger partial charge in [0, 0.05) is 30.7 Å². The van der Waals surface area contributed by atoms with Crippen LogP contribution < -0.4 is 0 Å². The van der Waals surface area contributed by atoms with E-state index in [2.05, 4.69) is 4.98 Å². The number of likely N-dealkylation sites (tertiary alicyclic amines) is 1. The second-order valence-corrected chi connectivity index (χ2v) is 6.25. The zero-order valence-electron chi connectivity index (χ0n) is 12.9. The molecular weight excluding hydrogens is 305 g/mol. The first-order valence-corrected chi connectivity index (χ1v) is 7.65. The van der Waals surface area contributed by atoms with Gasteiger partial charge in [-0.2, -0.15) is 13.2 Å². The maximum Gasteiger partial charge on any atom is 0.417 e. The van der Waals surface area contributed by atoms with Crippen molar-refractivity contribution in [1.29, 1.82) is 0 Å². The lowest BCUT2D eigenvalue weighted by atomic mass is 9.90. The van der Waals surface area contributed by atoms with Crippen LogP contribution >= 0.6 is 0 Å². The molecule has 1 aliphatic rings. The molecule has 3 nitrogen and oxygen atoms in total. The Labute approximate surface area is 132 Å². The molecular formula is C17H19F3N2O. The van der Waals surface area contributed by atoms with Crippen molar-refractivity contribution in [2.45, 2.75) is 38.1 Å². The number of halogens is 3. The first-order chi connectivity index (χ1) is 10.8. The van der Waals surface area contributed by atoms with Gasteiger partial charge in [-0.15, -0.1) is 0 Å². The minimum atomic E-state index is -4.56. The molecule has 0 atom stereocenters. The Morgan fingerprint density at radius 1 is 1.22 bits per heavy atom. The number of hydrogen-bond donors (Lipinski definition) is 1. The van der Waals surface area contributed by atoms with Crippen LogP contribution in [-0.4, -0.2) is 39.9 Å². The Hall–Kier alpha value is -1.66. The number of para-hydroxylation sites is 1. The van der Waals surface area contributed by atoms with E-state index in [1.54, 1.807) is 0 Å². The Morgan fingerprint density at radius 2 is 1.87 bits per heavy atom. The summed E-state index contributed by atoms with van der Waals surface area (Å²) in [6, 6.07) is 9.74. The lowest BCUT2D eigenvalue weighted by molar-refractivity contribution is -0.272. The van der Waals surface area contributed by atoms with Crippen LogP contribution in [0.1, 0.15) is 24.1 Å². The van der Waals surface area contributed by atoms with Gasteiger partial charge in [-0.05, 0) is 37.5 Å². The number of hydrogen-bond acceptors (Lipinski definition) is 3. The lowest BCUT2D eigenvalue weighted by Gasteiger charge is -2.39. The number of aromatic nitrogens is 1. The predicted octanol–water partition coefficient (Wildman–Crippen LogP) is 3.43. The quantitative estimate of drug-likeness (QED) is 0.919. The van der Waals surface area contributed by atoms with Crippen molar-refractivity contribution in [3.05, 3.63) is 41.6 Å². The summed E-state index contributed by atoms with van der Waals surface area (Å²) < 4.78 is 38.6. The average molecular weight is 324 g/mol. The highest BCUT2D eigenvalue weighted by Crippen LogP contribution is 2.38. The SMILES string of the molecule is Cc1cc(CN2CCC(O)(C(F)(F)F)CC2)c2ccccc2n1. The molecule has 0 unspecified atom stereocenters. The second kappa shape index (κ2) is 5.76. The van der Waals surface area contributed by atoms with Gasteiger partial charge in [-0.3, -0.25) is 9.88 Å². The van der Waals surface area contributed by atoms with Gasteiger partial charge in [0.25, 0.3) is 0 Å².